The van der Waals surface area contributed by atoms with Crippen molar-refractivity contribution in [2.24, 2.45) is 0 Å². The summed E-state index contributed by atoms with van der Waals surface area (Å²) < 4.78 is 0. The van der Waals surface area contributed by atoms with E-state index in [2.05, 4.69) is 59.5 Å². The molecule has 0 saturated carbocycles. The topological polar surface area (TPSA) is 57.3 Å². The molecule has 2 aromatic carbocycles. The lowest BCUT2D eigenvalue weighted by atomic mass is 10.1. The summed E-state index contributed by atoms with van der Waals surface area (Å²) in [5.74, 6) is -0.183. The summed E-state index contributed by atoms with van der Waals surface area (Å²) in [7, 11) is 0. The van der Waals surface area contributed by atoms with Crippen LogP contribution >= 0.6 is 0 Å². The van der Waals surface area contributed by atoms with Crippen molar-refractivity contribution in [2.45, 2.75) is 27.7 Å². The van der Waals surface area contributed by atoms with Gasteiger partial charge in [-0.25, -0.2) is 0 Å². The molecule has 1 amide bonds. The van der Waals surface area contributed by atoms with E-state index >= 15 is 0 Å². The molecule has 1 heterocycles. The Bertz CT molecular complexity index is 978. The van der Waals surface area contributed by atoms with Gasteiger partial charge in [-0.3, -0.25) is 9.78 Å². The van der Waals surface area contributed by atoms with E-state index in [-0.39, 0.29) is 5.91 Å². The number of carbonyl (C=O) groups excluding carboxylic acids is 1. The number of carbonyl (C=O) groups is 1. The normalized spacial score (nSPS) is 10.5. The highest BCUT2D eigenvalue weighted by molar-refractivity contribution is 6.04. The number of pyridine rings is 1. The van der Waals surface area contributed by atoms with Crippen LogP contribution in [0.2, 0.25) is 0 Å². The molecule has 150 valence electrons. The SMILES string of the molecule is CCN(CC)c1ccc(NC(=O)c2cncc(Nc3cc(C)ccc3C)c2)cc1. The number of aromatic nitrogens is 1. The van der Waals surface area contributed by atoms with Gasteiger partial charge in [0, 0.05) is 36.3 Å². The van der Waals surface area contributed by atoms with Crippen LogP contribution in [0.3, 0.4) is 0 Å². The summed E-state index contributed by atoms with van der Waals surface area (Å²) in [6.45, 7) is 10.3. The molecule has 1 aromatic heterocycles. The van der Waals surface area contributed by atoms with Crippen molar-refractivity contribution in [3.05, 3.63) is 77.6 Å². The van der Waals surface area contributed by atoms with E-state index in [1.807, 2.05) is 37.3 Å². The first-order chi connectivity index (χ1) is 14.0. The van der Waals surface area contributed by atoms with Crippen LogP contribution in [0.4, 0.5) is 22.7 Å². The quantitative estimate of drug-likeness (QED) is 0.558. The molecule has 0 saturated heterocycles. The summed E-state index contributed by atoms with van der Waals surface area (Å²) in [6, 6.07) is 16.0. The lowest BCUT2D eigenvalue weighted by Gasteiger charge is -2.21. The van der Waals surface area contributed by atoms with Gasteiger partial charge in [0.25, 0.3) is 5.91 Å². The third kappa shape index (κ3) is 5.13. The van der Waals surface area contributed by atoms with Crippen LogP contribution in [-0.4, -0.2) is 24.0 Å². The number of rotatable bonds is 7. The molecule has 3 aromatic rings. The number of anilines is 4. The second-order valence-electron chi connectivity index (χ2n) is 7.08. The standard InChI is InChI=1S/C24H28N4O/c1-5-28(6-2)22-11-9-20(10-12-22)27-24(29)19-14-21(16-25-15-19)26-23-13-17(3)7-8-18(23)4/h7-16,26H,5-6H2,1-4H3,(H,27,29). The van der Waals surface area contributed by atoms with Gasteiger partial charge >= 0.3 is 0 Å². The highest BCUT2D eigenvalue weighted by Crippen LogP contribution is 2.23. The molecule has 0 spiro atoms. The third-order valence-corrected chi connectivity index (χ3v) is 4.93. The molecule has 0 fully saturated rings. The molecule has 5 nitrogen and oxygen atoms in total. The van der Waals surface area contributed by atoms with Crippen LogP contribution in [0.5, 0.6) is 0 Å². The lowest BCUT2D eigenvalue weighted by Crippen LogP contribution is -2.21. The fourth-order valence-corrected chi connectivity index (χ4v) is 3.21. The monoisotopic (exact) mass is 388 g/mol. The molecule has 3 rings (SSSR count). The van der Waals surface area contributed by atoms with Gasteiger partial charge in [-0.05, 0) is 75.2 Å². The molecule has 0 atom stereocenters. The molecule has 5 heteroatoms. The predicted molar refractivity (Wildman–Crippen MR) is 121 cm³/mol. The summed E-state index contributed by atoms with van der Waals surface area (Å²) in [5.41, 5.74) is 6.52. The molecule has 0 aliphatic rings. The molecule has 0 aliphatic heterocycles. The first-order valence-corrected chi connectivity index (χ1v) is 9.95. The summed E-state index contributed by atoms with van der Waals surface area (Å²) >= 11 is 0. The van der Waals surface area contributed by atoms with Crippen LogP contribution in [-0.2, 0) is 0 Å². The highest BCUT2D eigenvalue weighted by Gasteiger charge is 2.09. The Morgan fingerprint density at radius 2 is 1.66 bits per heavy atom. The molecule has 0 radical (unpaired) electrons. The first kappa shape index (κ1) is 20.4. The van der Waals surface area contributed by atoms with Gasteiger partial charge in [-0.2, -0.15) is 0 Å². The van der Waals surface area contributed by atoms with E-state index in [9.17, 15) is 4.79 Å². The van der Waals surface area contributed by atoms with Gasteiger partial charge in [0.1, 0.15) is 0 Å². The van der Waals surface area contributed by atoms with Gasteiger partial charge in [0.05, 0.1) is 17.4 Å². The van der Waals surface area contributed by atoms with Crippen molar-refractivity contribution in [3.63, 3.8) is 0 Å². The number of benzene rings is 2. The summed E-state index contributed by atoms with van der Waals surface area (Å²) in [5, 5.41) is 6.30. The Morgan fingerprint density at radius 1 is 0.931 bits per heavy atom. The number of nitrogens with one attached hydrogen (secondary N) is 2. The molecule has 0 bridgehead atoms. The third-order valence-electron chi connectivity index (χ3n) is 4.93. The number of hydrogen-bond donors (Lipinski definition) is 2. The zero-order chi connectivity index (χ0) is 20.8. The second-order valence-corrected chi connectivity index (χ2v) is 7.08. The number of aryl methyl sites for hydroxylation is 2. The summed E-state index contributed by atoms with van der Waals surface area (Å²) in [4.78, 5) is 19.2. The minimum Gasteiger partial charge on any atom is -0.372 e. The average Bonchev–Trinajstić information content (AvgIpc) is 2.73. The van der Waals surface area contributed by atoms with Crippen LogP contribution < -0.4 is 15.5 Å². The van der Waals surface area contributed by atoms with E-state index in [0.717, 1.165) is 41.4 Å². The Hall–Kier alpha value is -3.34. The number of hydrogen-bond acceptors (Lipinski definition) is 4. The first-order valence-electron chi connectivity index (χ1n) is 9.95. The minimum absolute atomic E-state index is 0.183. The Balaban J connectivity index is 1.71. The van der Waals surface area contributed by atoms with Crippen molar-refractivity contribution >= 4 is 28.7 Å². The van der Waals surface area contributed by atoms with E-state index in [1.54, 1.807) is 12.4 Å². The van der Waals surface area contributed by atoms with Crippen molar-refractivity contribution in [1.29, 1.82) is 0 Å². The maximum absolute atomic E-state index is 12.7. The number of nitrogens with zero attached hydrogens (tertiary/aromatic N) is 2. The lowest BCUT2D eigenvalue weighted by molar-refractivity contribution is 0.102. The fraction of sp³-hybridized carbons (Fsp3) is 0.250. The summed E-state index contributed by atoms with van der Waals surface area (Å²) in [6.07, 6.45) is 3.30. The molecular weight excluding hydrogens is 360 g/mol. The Morgan fingerprint density at radius 3 is 2.34 bits per heavy atom. The van der Waals surface area contributed by atoms with Crippen LogP contribution in [0.15, 0.2) is 60.9 Å². The minimum atomic E-state index is -0.183. The van der Waals surface area contributed by atoms with E-state index in [0.29, 0.717) is 5.56 Å². The van der Waals surface area contributed by atoms with Crippen molar-refractivity contribution < 1.29 is 4.79 Å². The average molecular weight is 389 g/mol. The van der Waals surface area contributed by atoms with Crippen LogP contribution in [0.1, 0.15) is 35.3 Å². The maximum atomic E-state index is 12.7. The van der Waals surface area contributed by atoms with Gasteiger partial charge in [-0.15, -0.1) is 0 Å². The number of amides is 1. The van der Waals surface area contributed by atoms with Gasteiger partial charge in [0.15, 0.2) is 0 Å². The van der Waals surface area contributed by atoms with E-state index in [4.69, 9.17) is 0 Å². The molecule has 0 aliphatic carbocycles. The highest BCUT2D eigenvalue weighted by atomic mass is 16.1. The zero-order valence-corrected chi connectivity index (χ0v) is 17.5. The largest absolute Gasteiger partial charge is 0.372 e. The molecule has 0 unspecified atom stereocenters. The zero-order valence-electron chi connectivity index (χ0n) is 17.5. The molecular formula is C24H28N4O. The smallest absolute Gasteiger partial charge is 0.257 e. The Labute approximate surface area is 172 Å². The predicted octanol–water partition coefficient (Wildman–Crippen LogP) is 5.54. The second kappa shape index (κ2) is 9.24. The maximum Gasteiger partial charge on any atom is 0.257 e. The van der Waals surface area contributed by atoms with E-state index in [1.165, 1.54) is 5.56 Å². The van der Waals surface area contributed by atoms with Gasteiger partial charge in [-0.1, -0.05) is 12.1 Å². The van der Waals surface area contributed by atoms with Crippen molar-refractivity contribution in [1.82, 2.24) is 4.98 Å². The van der Waals surface area contributed by atoms with Gasteiger partial charge < -0.3 is 15.5 Å². The van der Waals surface area contributed by atoms with Crippen LogP contribution in [0, 0.1) is 13.8 Å². The Kier molecular flexibility index (Phi) is 6.50. The van der Waals surface area contributed by atoms with Crippen molar-refractivity contribution in [3.8, 4) is 0 Å². The molecule has 29 heavy (non-hydrogen) atoms. The van der Waals surface area contributed by atoms with Crippen molar-refractivity contribution in [2.75, 3.05) is 28.6 Å². The van der Waals surface area contributed by atoms with E-state index < -0.39 is 0 Å². The van der Waals surface area contributed by atoms with Gasteiger partial charge in [0.2, 0.25) is 0 Å². The van der Waals surface area contributed by atoms with Crippen LogP contribution in [0.25, 0.3) is 0 Å². The molecule has 2 N–H and O–H groups in total. The fourth-order valence-electron chi connectivity index (χ4n) is 3.21.